The Balaban J connectivity index is 1.68. The third kappa shape index (κ3) is 10.5. The molecule has 1 saturated heterocycles. The molecule has 0 aliphatic carbocycles. The van der Waals surface area contributed by atoms with Crippen LogP contribution in [0.15, 0.2) is 53.5 Å². The number of hydrogen-bond acceptors (Lipinski definition) is 8. The summed E-state index contributed by atoms with van der Waals surface area (Å²) in [6.07, 6.45) is 1.10. The van der Waals surface area contributed by atoms with Crippen molar-refractivity contribution >= 4 is 23.7 Å². The molecule has 4 unspecified atom stereocenters. The number of amides is 3. The number of nitrogens with two attached hydrogens (primary N) is 2. The van der Waals surface area contributed by atoms with Crippen LogP contribution in [0.25, 0.3) is 0 Å². The summed E-state index contributed by atoms with van der Waals surface area (Å²) in [7, 11) is 0. The van der Waals surface area contributed by atoms with E-state index in [-0.39, 0.29) is 36.9 Å². The summed E-state index contributed by atoms with van der Waals surface area (Å²) >= 11 is 0. The molecule has 3 amide bonds. The maximum Gasteiger partial charge on any atom is 0.249 e. The molecule has 2 aromatic rings. The van der Waals surface area contributed by atoms with Crippen LogP contribution in [0.1, 0.15) is 43.2 Å². The van der Waals surface area contributed by atoms with E-state index in [1.807, 2.05) is 0 Å². The van der Waals surface area contributed by atoms with E-state index >= 15 is 0 Å². The van der Waals surface area contributed by atoms with Crippen molar-refractivity contribution in [2.45, 2.75) is 69.2 Å². The van der Waals surface area contributed by atoms with Gasteiger partial charge in [-0.3, -0.25) is 19.4 Å². The Bertz CT molecular complexity index is 1230. The van der Waals surface area contributed by atoms with Crippen molar-refractivity contribution < 1.29 is 34.8 Å². The van der Waals surface area contributed by atoms with Crippen molar-refractivity contribution in [2.24, 2.45) is 16.5 Å². The van der Waals surface area contributed by atoms with E-state index in [4.69, 9.17) is 11.5 Å². The number of guanidine groups is 1. The Kier molecular flexibility index (Phi) is 12.6. The fourth-order valence-electron chi connectivity index (χ4n) is 4.99. The number of nitrogens with zero attached hydrogens (tertiary/aromatic N) is 2. The van der Waals surface area contributed by atoms with Crippen molar-refractivity contribution in [2.75, 3.05) is 19.7 Å². The van der Waals surface area contributed by atoms with Crippen LogP contribution in [0.3, 0.4) is 0 Å². The van der Waals surface area contributed by atoms with E-state index in [9.17, 15) is 34.8 Å². The van der Waals surface area contributed by atoms with Gasteiger partial charge in [-0.2, -0.15) is 0 Å². The maximum absolute atomic E-state index is 13.8. The minimum absolute atomic E-state index is 0.0384. The lowest BCUT2D eigenvalue weighted by Gasteiger charge is -2.30. The Labute approximate surface area is 250 Å². The van der Waals surface area contributed by atoms with Crippen molar-refractivity contribution in [1.82, 2.24) is 15.5 Å². The summed E-state index contributed by atoms with van der Waals surface area (Å²) in [6.45, 7) is 0.356. The van der Waals surface area contributed by atoms with Gasteiger partial charge in [0.15, 0.2) is 5.96 Å². The third-order valence-corrected chi connectivity index (χ3v) is 7.35. The number of hydrogen-bond donors (Lipinski definition) is 8. The fraction of sp³-hybridized carbons (Fsp3) is 0.467. The van der Waals surface area contributed by atoms with E-state index < -0.39 is 42.0 Å². The molecule has 3 rings (SSSR count). The smallest absolute Gasteiger partial charge is 0.249 e. The normalized spacial score (nSPS) is 16.6. The van der Waals surface area contributed by atoms with Gasteiger partial charge in [-0.25, -0.2) is 0 Å². The molecular formula is C30H42N6O7. The molecule has 0 bridgehead atoms. The number of aromatic hydroxyl groups is 2. The lowest BCUT2D eigenvalue weighted by Crippen LogP contribution is -2.56. The number of carbonyl (C=O) groups excluding carboxylic acids is 3. The van der Waals surface area contributed by atoms with Gasteiger partial charge in [0.1, 0.15) is 29.7 Å². The highest BCUT2D eigenvalue weighted by molar-refractivity contribution is 5.93. The second-order valence-corrected chi connectivity index (χ2v) is 10.7. The first-order chi connectivity index (χ1) is 20.6. The van der Waals surface area contributed by atoms with Crippen LogP contribution in [-0.4, -0.2) is 92.9 Å². The van der Waals surface area contributed by atoms with E-state index in [2.05, 4.69) is 15.6 Å². The molecule has 0 radical (unpaired) electrons. The number of nitrogens with one attached hydrogen (secondary N) is 2. The second kappa shape index (κ2) is 16.3. The van der Waals surface area contributed by atoms with E-state index in [0.29, 0.717) is 50.8 Å². The monoisotopic (exact) mass is 598 g/mol. The second-order valence-electron chi connectivity index (χ2n) is 10.7. The molecule has 1 heterocycles. The van der Waals surface area contributed by atoms with Crippen LogP contribution >= 0.6 is 0 Å². The average molecular weight is 599 g/mol. The van der Waals surface area contributed by atoms with Crippen LogP contribution in [-0.2, 0) is 27.2 Å². The molecule has 0 saturated carbocycles. The van der Waals surface area contributed by atoms with Gasteiger partial charge in [0.05, 0.1) is 12.6 Å². The Morgan fingerprint density at radius 1 is 0.953 bits per heavy atom. The first-order valence-electron chi connectivity index (χ1n) is 14.4. The van der Waals surface area contributed by atoms with Gasteiger partial charge < -0.3 is 47.4 Å². The number of likely N-dealkylation sites (tertiary alicyclic amines) is 1. The Morgan fingerprint density at radius 2 is 1.58 bits per heavy atom. The molecule has 13 heteroatoms. The largest absolute Gasteiger partial charge is 0.508 e. The molecule has 43 heavy (non-hydrogen) atoms. The molecule has 10 N–H and O–H groups in total. The van der Waals surface area contributed by atoms with E-state index in [0.717, 1.165) is 5.56 Å². The van der Waals surface area contributed by atoms with Crippen molar-refractivity contribution in [1.29, 1.82) is 0 Å². The molecule has 2 aromatic carbocycles. The number of rotatable bonds is 15. The molecule has 0 spiro atoms. The van der Waals surface area contributed by atoms with Crippen molar-refractivity contribution in [3.63, 3.8) is 0 Å². The van der Waals surface area contributed by atoms with Gasteiger partial charge in [-0.05, 0) is 73.9 Å². The number of phenolic OH excluding ortho intramolecular Hbond substituents is 2. The number of aliphatic hydroxyl groups is 2. The highest BCUT2D eigenvalue weighted by Crippen LogP contribution is 2.21. The lowest BCUT2D eigenvalue weighted by molar-refractivity contribution is -0.142. The molecule has 4 atom stereocenters. The lowest BCUT2D eigenvalue weighted by atomic mass is 10.0. The molecule has 0 aromatic heterocycles. The number of aliphatic hydroxyl groups excluding tert-OH is 2. The predicted octanol–water partition coefficient (Wildman–Crippen LogP) is -0.359. The zero-order valence-corrected chi connectivity index (χ0v) is 24.1. The number of phenols is 2. The Morgan fingerprint density at radius 3 is 2.19 bits per heavy atom. The first-order valence-corrected chi connectivity index (χ1v) is 14.4. The minimum Gasteiger partial charge on any atom is -0.508 e. The predicted molar refractivity (Wildman–Crippen MR) is 160 cm³/mol. The van der Waals surface area contributed by atoms with Crippen LogP contribution in [0, 0.1) is 0 Å². The number of benzene rings is 2. The SMILES string of the molecule is NC(N)=NCCCC(CO)NC(=O)C1CCCN1C(=O)C(Cc1ccc(O)cc1)NC(=O)C(O)CCc1ccc(O)cc1. The van der Waals surface area contributed by atoms with Crippen LogP contribution in [0.4, 0.5) is 0 Å². The minimum atomic E-state index is -1.40. The quantitative estimate of drug-likeness (QED) is 0.0760. The van der Waals surface area contributed by atoms with Gasteiger partial charge in [0, 0.05) is 19.5 Å². The number of aryl methyl sites for hydroxylation is 1. The molecule has 1 aliphatic rings. The van der Waals surface area contributed by atoms with E-state index in [1.165, 1.54) is 29.2 Å². The average Bonchev–Trinajstić information content (AvgIpc) is 3.48. The van der Waals surface area contributed by atoms with Gasteiger partial charge in [-0.1, -0.05) is 24.3 Å². The van der Waals surface area contributed by atoms with Gasteiger partial charge in [0.2, 0.25) is 17.7 Å². The van der Waals surface area contributed by atoms with Crippen LogP contribution < -0.4 is 22.1 Å². The van der Waals surface area contributed by atoms with Crippen LogP contribution in [0.2, 0.25) is 0 Å². The number of aliphatic imine (C=N–C) groups is 1. The highest BCUT2D eigenvalue weighted by Gasteiger charge is 2.38. The van der Waals surface area contributed by atoms with E-state index in [1.54, 1.807) is 24.3 Å². The molecule has 1 fully saturated rings. The van der Waals surface area contributed by atoms with Crippen molar-refractivity contribution in [3.8, 4) is 11.5 Å². The summed E-state index contributed by atoms with van der Waals surface area (Å²) in [5, 5.41) is 45.0. The summed E-state index contributed by atoms with van der Waals surface area (Å²) in [4.78, 5) is 45.4. The standard InChI is InChI=1S/C30H42N6O7/c31-30(32)33-15-1-3-21(18-37)34-27(41)25-4-2-16-36(25)29(43)24(17-20-7-12-23(39)13-8-20)35-28(42)26(40)14-9-19-5-10-22(38)11-6-19/h5-8,10-13,21,24-26,37-40H,1-4,9,14-18H2,(H,34,41)(H,35,42)(H4,31,32,33). The Hall–Kier alpha value is -4.36. The fourth-order valence-corrected chi connectivity index (χ4v) is 4.99. The highest BCUT2D eigenvalue weighted by atomic mass is 16.3. The molecular weight excluding hydrogens is 556 g/mol. The molecule has 13 nitrogen and oxygen atoms in total. The molecule has 1 aliphatic heterocycles. The van der Waals surface area contributed by atoms with Crippen molar-refractivity contribution in [3.05, 3.63) is 59.7 Å². The summed E-state index contributed by atoms with van der Waals surface area (Å²) in [5.74, 6) is -1.48. The third-order valence-electron chi connectivity index (χ3n) is 7.35. The van der Waals surface area contributed by atoms with Gasteiger partial charge in [0.25, 0.3) is 0 Å². The molecule has 234 valence electrons. The van der Waals surface area contributed by atoms with Crippen LogP contribution in [0.5, 0.6) is 11.5 Å². The number of carbonyl (C=O) groups is 3. The summed E-state index contributed by atoms with van der Waals surface area (Å²) < 4.78 is 0. The zero-order valence-electron chi connectivity index (χ0n) is 24.1. The summed E-state index contributed by atoms with van der Waals surface area (Å²) in [6, 6.07) is 10.2. The van der Waals surface area contributed by atoms with Gasteiger partial charge >= 0.3 is 0 Å². The summed E-state index contributed by atoms with van der Waals surface area (Å²) in [5.41, 5.74) is 12.1. The zero-order chi connectivity index (χ0) is 31.4. The van der Waals surface area contributed by atoms with Gasteiger partial charge in [-0.15, -0.1) is 0 Å². The topological polar surface area (TPSA) is 224 Å². The maximum atomic E-state index is 13.8. The first kappa shape index (κ1) is 33.1.